The molecule has 0 atom stereocenters. The van der Waals surface area contributed by atoms with E-state index in [2.05, 4.69) is 41.1 Å². The van der Waals surface area contributed by atoms with Crippen LogP contribution in [0.3, 0.4) is 0 Å². The van der Waals surface area contributed by atoms with Gasteiger partial charge in [0.1, 0.15) is 0 Å². The molecule has 1 heterocycles. The van der Waals surface area contributed by atoms with Gasteiger partial charge in [0.05, 0.1) is 5.69 Å². The zero-order valence-corrected chi connectivity index (χ0v) is 11.7. The normalized spacial score (nSPS) is 10.7. The third kappa shape index (κ3) is 3.10. The highest BCUT2D eigenvalue weighted by Crippen LogP contribution is 2.20. The summed E-state index contributed by atoms with van der Waals surface area (Å²) in [5, 5.41) is 10.1. The average molecular weight is 260 g/mol. The lowest BCUT2D eigenvalue weighted by Crippen LogP contribution is -2.14. The SMILES string of the molecule is CCCCCCn1c(-c2ccccc2)csc1=N. The first-order chi connectivity index (χ1) is 8.83. The first-order valence-electron chi connectivity index (χ1n) is 6.61. The van der Waals surface area contributed by atoms with Crippen LogP contribution in [0.1, 0.15) is 32.6 Å². The number of rotatable bonds is 6. The van der Waals surface area contributed by atoms with E-state index in [-0.39, 0.29) is 0 Å². The van der Waals surface area contributed by atoms with E-state index in [9.17, 15) is 0 Å². The van der Waals surface area contributed by atoms with E-state index in [0.717, 1.165) is 6.54 Å². The standard InChI is InChI=1S/C15H20N2S/c1-2-3-4-8-11-17-14(12-18-15(17)16)13-9-6-5-7-10-13/h5-7,9-10,12,16H,2-4,8,11H2,1H3. The van der Waals surface area contributed by atoms with Crippen LogP contribution in [0.25, 0.3) is 11.3 Å². The molecular formula is C15H20N2S. The molecule has 0 spiro atoms. The molecule has 0 saturated heterocycles. The minimum atomic E-state index is 0.658. The fraction of sp³-hybridized carbons (Fsp3) is 0.400. The Kier molecular flexibility index (Phi) is 4.76. The number of benzene rings is 1. The second-order valence-electron chi connectivity index (χ2n) is 4.50. The highest BCUT2D eigenvalue weighted by molar-refractivity contribution is 7.07. The van der Waals surface area contributed by atoms with E-state index >= 15 is 0 Å². The molecule has 1 N–H and O–H groups in total. The Morgan fingerprint density at radius 3 is 2.61 bits per heavy atom. The Morgan fingerprint density at radius 1 is 1.11 bits per heavy atom. The quantitative estimate of drug-likeness (QED) is 0.751. The predicted octanol–water partition coefficient (Wildman–Crippen LogP) is 4.28. The predicted molar refractivity (Wildman–Crippen MR) is 77.7 cm³/mol. The smallest absolute Gasteiger partial charge is 0.182 e. The van der Waals surface area contributed by atoms with Crippen LogP contribution in [0.5, 0.6) is 0 Å². The first kappa shape index (κ1) is 13.1. The molecule has 0 aliphatic carbocycles. The van der Waals surface area contributed by atoms with Crippen LogP contribution in [-0.2, 0) is 6.54 Å². The van der Waals surface area contributed by atoms with Gasteiger partial charge in [-0.05, 0) is 12.0 Å². The van der Waals surface area contributed by atoms with Gasteiger partial charge in [0.15, 0.2) is 4.80 Å². The second-order valence-corrected chi connectivity index (χ2v) is 5.36. The van der Waals surface area contributed by atoms with Gasteiger partial charge in [0.25, 0.3) is 0 Å². The van der Waals surface area contributed by atoms with E-state index in [0.29, 0.717) is 4.80 Å². The molecular weight excluding hydrogens is 240 g/mol. The third-order valence-corrected chi connectivity index (χ3v) is 3.91. The fourth-order valence-electron chi connectivity index (χ4n) is 2.10. The van der Waals surface area contributed by atoms with Crippen molar-refractivity contribution in [3.63, 3.8) is 0 Å². The van der Waals surface area contributed by atoms with Gasteiger partial charge < -0.3 is 4.57 Å². The summed E-state index contributed by atoms with van der Waals surface area (Å²) in [5.74, 6) is 0. The molecule has 2 nitrogen and oxygen atoms in total. The Labute approximate surface area is 112 Å². The molecule has 3 heteroatoms. The number of hydrogen-bond acceptors (Lipinski definition) is 2. The van der Waals surface area contributed by atoms with Crippen molar-refractivity contribution in [2.45, 2.75) is 39.2 Å². The Morgan fingerprint density at radius 2 is 1.89 bits per heavy atom. The van der Waals surface area contributed by atoms with Crippen LogP contribution in [0, 0.1) is 5.41 Å². The van der Waals surface area contributed by atoms with Gasteiger partial charge in [-0.3, -0.25) is 5.41 Å². The molecule has 0 unspecified atom stereocenters. The van der Waals surface area contributed by atoms with Crippen LogP contribution in [0.15, 0.2) is 35.7 Å². The summed E-state index contributed by atoms with van der Waals surface area (Å²) >= 11 is 1.52. The van der Waals surface area contributed by atoms with Crippen LogP contribution >= 0.6 is 11.3 Å². The lowest BCUT2D eigenvalue weighted by atomic mass is 10.1. The van der Waals surface area contributed by atoms with Crippen LogP contribution in [0.4, 0.5) is 0 Å². The summed E-state index contributed by atoms with van der Waals surface area (Å²) in [6.07, 6.45) is 4.97. The Bertz CT molecular complexity index is 525. The van der Waals surface area contributed by atoms with Crippen LogP contribution < -0.4 is 4.80 Å². The summed E-state index contributed by atoms with van der Waals surface area (Å²) < 4.78 is 2.13. The average Bonchev–Trinajstić information content (AvgIpc) is 2.77. The molecule has 1 aromatic heterocycles. The summed E-state index contributed by atoms with van der Waals surface area (Å²) in [4.78, 5) is 0.658. The minimum absolute atomic E-state index is 0.658. The van der Waals surface area contributed by atoms with Gasteiger partial charge in [0.2, 0.25) is 0 Å². The van der Waals surface area contributed by atoms with Crippen molar-refractivity contribution in [3.05, 3.63) is 40.5 Å². The van der Waals surface area contributed by atoms with E-state index in [1.165, 1.54) is 48.3 Å². The largest absolute Gasteiger partial charge is 0.317 e. The van der Waals surface area contributed by atoms with Gasteiger partial charge in [-0.25, -0.2) is 0 Å². The highest BCUT2D eigenvalue weighted by Gasteiger charge is 2.06. The zero-order valence-electron chi connectivity index (χ0n) is 10.9. The first-order valence-corrected chi connectivity index (χ1v) is 7.49. The number of hydrogen-bond donors (Lipinski definition) is 1. The molecule has 0 saturated carbocycles. The second kappa shape index (κ2) is 6.55. The van der Waals surface area contributed by atoms with Crippen molar-refractivity contribution in [1.82, 2.24) is 4.57 Å². The van der Waals surface area contributed by atoms with Crippen molar-refractivity contribution < 1.29 is 0 Å². The number of unbranched alkanes of at least 4 members (excludes halogenated alkanes) is 3. The lowest BCUT2D eigenvalue weighted by Gasteiger charge is -2.08. The molecule has 2 aromatic rings. The van der Waals surface area contributed by atoms with Crippen molar-refractivity contribution in [2.75, 3.05) is 0 Å². The molecule has 0 aliphatic rings. The van der Waals surface area contributed by atoms with Gasteiger partial charge in [-0.1, -0.05) is 56.5 Å². The summed E-state index contributed by atoms with van der Waals surface area (Å²) in [7, 11) is 0. The minimum Gasteiger partial charge on any atom is -0.317 e. The number of aromatic nitrogens is 1. The van der Waals surface area contributed by atoms with E-state index in [1.807, 2.05) is 6.07 Å². The van der Waals surface area contributed by atoms with Gasteiger partial charge in [0, 0.05) is 11.9 Å². The van der Waals surface area contributed by atoms with Gasteiger partial charge in [-0.2, -0.15) is 0 Å². The maximum Gasteiger partial charge on any atom is 0.182 e. The third-order valence-electron chi connectivity index (χ3n) is 3.12. The molecule has 0 fully saturated rings. The van der Waals surface area contributed by atoms with E-state index < -0.39 is 0 Å². The highest BCUT2D eigenvalue weighted by atomic mass is 32.1. The van der Waals surface area contributed by atoms with E-state index in [1.54, 1.807) is 0 Å². The van der Waals surface area contributed by atoms with Gasteiger partial charge in [-0.15, -0.1) is 11.3 Å². The molecule has 0 bridgehead atoms. The summed E-state index contributed by atoms with van der Waals surface area (Å²) in [6, 6.07) is 10.4. The maximum atomic E-state index is 8.00. The summed E-state index contributed by atoms with van der Waals surface area (Å²) in [5.41, 5.74) is 2.39. The Hall–Kier alpha value is -1.35. The molecule has 1 aromatic carbocycles. The van der Waals surface area contributed by atoms with Gasteiger partial charge >= 0.3 is 0 Å². The monoisotopic (exact) mass is 260 g/mol. The Balaban J connectivity index is 2.15. The molecule has 2 rings (SSSR count). The van der Waals surface area contributed by atoms with Crippen molar-refractivity contribution in [1.29, 1.82) is 5.41 Å². The van der Waals surface area contributed by atoms with Crippen LogP contribution in [-0.4, -0.2) is 4.57 Å². The molecule has 0 aliphatic heterocycles. The molecule has 0 amide bonds. The molecule has 0 radical (unpaired) electrons. The lowest BCUT2D eigenvalue weighted by molar-refractivity contribution is 0.575. The fourth-order valence-corrected chi connectivity index (χ4v) is 2.90. The number of nitrogens with one attached hydrogen (secondary N) is 1. The molecule has 18 heavy (non-hydrogen) atoms. The number of thiazole rings is 1. The van der Waals surface area contributed by atoms with Crippen molar-refractivity contribution >= 4 is 11.3 Å². The topological polar surface area (TPSA) is 28.8 Å². The van der Waals surface area contributed by atoms with Crippen LogP contribution in [0.2, 0.25) is 0 Å². The zero-order chi connectivity index (χ0) is 12.8. The van der Waals surface area contributed by atoms with E-state index in [4.69, 9.17) is 5.41 Å². The summed E-state index contributed by atoms with van der Waals surface area (Å²) in [6.45, 7) is 3.19. The van der Waals surface area contributed by atoms with Crippen molar-refractivity contribution in [2.24, 2.45) is 0 Å². The maximum absolute atomic E-state index is 8.00. The molecule has 96 valence electrons. The van der Waals surface area contributed by atoms with Crippen molar-refractivity contribution in [3.8, 4) is 11.3 Å². The number of nitrogens with zero attached hydrogens (tertiary/aromatic N) is 1.